The average Bonchev–Trinajstić information content (AvgIpc) is 2.53. The van der Waals surface area contributed by atoms with Gasteiger partial charge in [-0.2, -0.15) is 0 Å². The van der Waals surface area contributed by atoms with Gasteiger partial charge in [-0.3, -0.25) is 9.59 Å². The van der Waals surface area contributed by atoms with Crippen molar-refractivity contribution in [1.82, 2.24) is 0 Å². The Bertz CT molecular complexity index is 541. The number of rotatable bonds is 6. The van der Waals surface area contributed by atoms with Gasteiger partial charge in [-0.1, -0.05) is 18.6 Å². The summed E-state index contributed by atoms with van der Waals surface area (Å²) in [5.41, 5.74) is 1.88. The normalized spacial score (nSPS) is 16.6. The summed E-state index contributed by atoms with van der Waals surface area (Å²) >= 11 is 1.32. The zero-order valence-corrected chi connectivity index (χ0v) is 14.7. The molecule has 1 aliphatic carbocycles. The molecule has 0 aliphatic heterocycles. The summed E-state index contributed by atoms with van der Waals surface area (Å²) in [7, 11) is 0. The molecule has 1 amide bonds. The van der Waals surface area contributed by atoms with Gasteiger partial charge < -0.3 is 10.1 Å². The molecule has 0 saturated heterocycles. The fourth-order valence-electron chi connectivity index (χ4n) is 2.63. The monoisotopic (exact) mass is 335 g/mol. The highest BCUT2D eigenvalue weighted by molar-refractivity contribution is 8.01. The zero-order chi connectivity index (χ0) is 16.7. The van der Waals surface area contributed by atoms with Gasteiger partial charge >= 0.3 is 5.97 Å². The van der Waals surface area contributed by atoms with Crippen molar-refractivity contribution < 1.29 is 14.3 Å². The van der Waals surface area contributed by atoms with Crippen LogP contribution in [-0.2, 0) is 14.3 Å². The van der Waals surface area contributed by atoms with Crippen LogP contribution in [0.15, 0.2) is 24.3 Å². The van der Waals surface area contributed by atoms with Crippen molar-refractivity contribution >= 4 is 29.3 Å². The molecule has 1 aromatic rings. The summed E-state index contributed by atoms with van der Waals surface area (Å²) in [4.78, 5) is 24.0. The fraction of sp³-hybridized carbons (Fsp3) is 0.556. The highest BCUT2D eigenvalue weighted by atomic mass is 32.2. The van der Waals surface area contributed by atoms with E-state index < -0.39 is 0 Å². The largest absolute Gasteiger partial charge is 0.462 e. The minimum atomic E-state index is -0.319. The van der Waals surface area contributed by atoms with E-state index in [1.807, 2.05) is 31.2 Å². The average molecular weight is 335 g/mol. The van der Waals surface area contributed by atoms with E-state index in [4.69, 9.17) is 4.74 Å². The second kappa shape index (κ2) is 8.96. The van der Waals surface area contributed by atoms with Crippen molar-refractivity contribution in [2.75, 3.05) is 11.1 Å². The highest BCUT2D eigenvalue weighted by Crippen LogP contribution is 2.22. The van der Waals surface area contributed by atoms with E-state index in [1.165, 1.54) is 18.2 Å². The Labute approximate surface area is 142 Å². The van der Waals surface area contributed by atoms with E-state index in [2.05, 4.69) is 5.32 Å². The first kappa shape index (κ1) is 17.9. The summed E-state index contributed by atoms with van der Waals surface area (Å²) in [6.07, 6.45) is 5.52. The number of amides is 1. The minimum absolute atomic E-state index is 0.0698. The van der Waals surface area contributed by atoms with Crippen LogP contribution in [0.5, 0.6) is 0 Å². The van der Waals surface area contributed by atoms with Crippen molar-refractivity contribution in [3.05, 3.63) is 29.8 Å². The van der Waals surface area contributed by atoms with Gasteiger partial charge in [-0.15, -0.1) is 11.8 Å². The summed E-state index contributed by atoms with van der Waals surface area (Å²) in [6, 6.07) is 7.66. The predicted molar refractivity (Wildman–Crippen MR) is 94.7 cm³/mol. The molecule has 5 heteroatoms. The van der Waals surface area contributed by atoms with Gasteiger partial charge in [0.2, 0.25) is 5.91 Å². The Hall–Kier alpha value is -1.49. The Kier molecular flexibility index (Phi) is 6.96. The third-order valence-corrected chi connectivity index (χ3v) is 5.05. The second-order valence-electron chi connectivity index (χ2n) is 6.07. The molecule has 23 heavy (non-hydrogen) atoms. The summed E-state index contributed by atoms with van der Waals surface area (Å²) in [5.74, 6) is -0.0577. The molecule has 0 bridgehead atoms. The lowest BCUT2D eigenvalue weighted by Crippen LogP contribution is -2.27. The van der Waals surface area contributed by atoms with Crippen LogP contribution in [0.2, 0.25) is 0 Å². The number of anilines is 1. The minimum Gasteiger partial charge on any atom is -0.462 e. The first-order valence-corrected chi connectivity index (χ1v) is 9.28. The molecule has 2 rings (SSSR count). The Morgan fingerprint density at radius 2 is 2.04 bits per heavy atom. The number of hydrogen-bond donors (Lipinski definition) is 1. The molecule has 0 aromatic heterocycles. The van der Waals surface area contributed by atoms with Gasteiger partial charge in [0.15, 0.2) is 0 Å². The molecule has 0 radical (unpaired) electrons. The first-order valence-electron chi connectivity index (χ1n) is 8.23. The van der Waals surface area contributed by atoms with Gasteiger partial charge in [0.05, 0.1) is 5.75 Å². The molecule has 1 saturated carbocycles. The van der Waals surface area contributed by atoms with Gasteiger partial charge in [0.25, 0.3) is 0 Å². The molecule has 0 heterocycles. The van der Waals surface area contributed by atoms with Gasteiger partial charge in [0.1, 0.15) is 11.4 Å². The van der Waals surface area contributed by atoms with E-state index in [0.29, 0.717) is 0 Å². The number of benzene rings is 1. The fourth-order valence-corrected chi connectivity index (χ4v) is 3.30. The van der Waals surface area contributed by atoms with E-state index in [9.17, 15) is 9.59 Å². The maximum atomic E-state index is 12.1. The van der Waals surface area contributed by atoms with Crippen molar-refractivity contribution in [2.45, 2.75) is 57.3 Å². The number of aryl methyl sites for hydroxylation is 1. The molecular weight excluding hydrogens is 310 g/mol. The lowest BCUT2D eigenvalue weighted by atomic mass is 9.98. The van der Waals surface area contributed by atoms with Gasteiger partial charge in [-0.05, 0) is 57.2 Å². The Morgan fingerprint density at radius 1 is 1.30 bits per heavy atom. The smallest absolute Gasteiger partial charge is 0.319 e. The maximum Gasteiger partial charge on any atom is 0.319 e. The van der Waals surface area contributed by atoms with Crippen molar-refractivity contribution in [2.24, 2.45) is 0 Å². The third kappa shape index (κ3) is 6.26. The molecule has 1 unspecified atom stereocenters. The third-order valence-electron chi connectivity index (χ3n) is 3.93. The molecule has 0 spiro atoms. The van der Waals surface area contributed by atoms with Gasteiger partial charge in [0, 0.05) is 5.69 Å². The quantitative estimate of drug-likeness (QED) is 0.800. The molecular formula is C18H25NO3S. The highest BCUT2D eigenvalue weighted by Gasteiger charge is 2.22. The lowest BCUT2D eigenvalue weighted by molar-refractivity contribution is -0.149. The summed E-state index contributed by atoms with van der Waals surface area (Å²) < 4.78 is 5.53. The number of ether oxygens (including phenoxy) is 1. The lowest BCUT2D eigenvalue weighted by Gasteiger charge is -2.23. The Balaban J connectivity index is 1.71. The molecule has 1 atom stereocenters. The molecule has 1 aromatic carbocycles. The number of carbonyl (C=O) groups is 2. The molecule has 1 fully saturated rings. The summed E-state index contributed by atoms with van der Waals surface area (Å²) in [5, 5.41) is 2.53. The van der Waals surface area contributed by atoms with Crippen LogP contribution in [0.1, 0.15) is 44.6 Å². The van der Waals surface area contributed by atoms with Crippen LogP contribution in [0.4, 0.5) is 5.69 Å². The predicted octanol–water partition coefficient (Wildman–Crippen LogP) is 3.93. The molecule has 1 aliphatic rings. The maximum absolute atomic E-state index is 12.1. The van der Waals surface area contributed by atoms with Crippen LogP contribution >= 0.6 is 11.8 Å². The van der Waals surface area contributed by atoms with Crippen LogP contribution < -0.4 is 5.32 Å². The van der Waals surface area contributed by atoms with Crippen molar-refractivity contribution in [3.8, 4) is 0 Å². The van der Waals surface area contributed by atoms with Crippen LogP contribution in [0.25, 0.3) is 0 Å². The van der Waals surface area contributed by atoms with E-state index >= 15 is 0 Å². The van der Waals surface area contributed by atoms with E-state index in [1.54, 1.807) is 6.92 Å². The molecule has 1 N–H and O–H groups in total. The topological polar surface area (TPSA) is 55.4 Å². The number of thioether (sulfide) groups is 1. The molecule has 4 nitrogen and oxygen atoms in total. The van der Waals surface area contributed by atoms with E-state index in [-0.39, 0.29) is 29.0 Å². The van der Waals surface area contributed by atoms with Crippen LogP contribution in [0, 0.1) is 6.92 Å². The standard InChI is InChI=1S/C18H25NO3S/c1-13-7-6-8-15(11-13)19-17(20)12-23-14(2)18(21)22-16-9-4-3-5-10-16/h6-8,11,14,16H,3-5,9-10,12H2,1-2H3,(H,19,20). The van der Waals surface area contributed by atoms with Crippen molar-refractivity contribution in [1.29, 1.82) is 0 Å². The number of carbonyl (C=O) groups excluding carboxylic acids is 2. The SMILES string of the molecule is Cc1cccc(NC(=O)CSC(C)C(=O)OC2CCCCC2)c1. The Morgan fingerprint density at radius 3 is 2.74 bits per heavy atom. The zero-order valence-electron chi connectivity index (χ0n) is 13.8. The van der Waals surface area contributed by atoms with Gasteiger partial charge in [-0.25, -0.2) is 0 Å². The molecule has 126 valence electrons. The number of nitrogens with one attached hydrogen (secondary N) is 1. The summed E-state index contributed by atoms with van der Waals surface area (Å²) in [6.45, 7) is 3.78. The van der Waals surface area contributed by atoms with Crippen LogP contribution in [0.3, 0.4) is 0 Å². The van der Waals surface area contributed by atoms with E-state index in [0.717, 1.165) is 36.9 Å². The number of hydrogen-bond acceptors (Lipinski definition) is 4. The second-order valence-corrected chi connectivity index (χ2v) is 7.40. The van der Waals surface area contributed by atoms with Crippen LogP contribution in [-0.4, -0.2) is 29.0 Å². The number of esters is 1. The van der Waals surface area contributed by atoms with Crippen molar-refractivity contribution in [3.63, 3.8) is 0 Å². The first-order chi connectivity index (χ1) is 11.0.